The molecule has 0 saturated carbocycles. The van der Waals surface area contributed by atoms with Crippen molar-refractivity contribution in [1.82, 2.24) is 19.9 Å². The average molecular weight is 216 g/mol. The van der Waals surface area contributed by atoms with Gasteiger partial charge in [0, 0.05) is 30.4 Å². The van der Waals surface area contributed by atoms with E-state index in [0.717, 1.165) is 24.4 Å². The van der Waals surface area contributed by atoms with E-state index in [2.05, 4.69) is 28.5 Å². The van der Waals surface area contributed by atoms with Crippen LogP contribution in [0.15, 0.2) is 12.4 Å². The van der Waals surface area contributed by atoms with E-state index in [1.165, 1.54) is 17.5 Å². The molecule has 1 aliphatic rings. The molecule has 4 nitrogen and oxygen atoms in total. The molecule has 0 radical (unpaired) electrons. The predicted octanol–water partition coefficient (Wildman–Crippen LogP) is 1.42. The number of hydrogen-bond acceptors (Lipinski definition) is 3. The minimum atomic E-state index is 0.599. The maximum absolute atomic E-state index is 4.52. The van der Waals surface area contributed by atoms with Crippen molar-refractivity contribution in [1.29, 1.82) is 0 Å². The Bertz CT molecular complexity index is 523. The minimum Gasteiger partial charge on any atom is -0.316 e. The molecule has 1 atom stereocenters. The summed E-state index contributed by atoms with van der Waals surface area (Å²) >= 11 is 0. The summed E-state index contributed by atoms with van der Waals surface area (Å²) in [5, 5.41) is 7.86. The van der Waals surface area contributed by atoms with Gasteiger partial charge < -0.3 is 5.32 Å². The average Bonchev–Trinajstić information content (AvgIpc) is 2.88. The maximum Gasteiger partial charge on any atom is 0.158 e. The number of aryl methyl sites for hydroxylation is 2. The molecule has 0 aliphatic carbocycles. The number of nitrogens with one attached hydrogen (secondary N) is 1. The Morgan fingerprint density at radius 2 is 2.31 bits per heavy atom. The summed E-state index contributed by atoms with van der Waals surface area (Å²) in [5.74, 6) is 0.599. The summed E-state index contributed by atoms with van der Waals surface area (Å²) in [6.45, 7) is 6.27. The van der Waals surface area contributed by atoms with Crippen molar-refractivity contribution in [2.45, 2.75) is 26.2 Å². The van der Waals surface area contributed by atoms with Crippen LogP contribution in [-0.4, -0.2) is 27.7 Å². The van der Waals surface area contributed by atoms with Gasteiger partial charge in [0.05, 0.1) is 5.69 Å². The van der Waals surface area contributed by atoms with Gasteiger partial charge in [0.1, 0.15) is 0 Å². The fourth-order valence-electron chi connectivity index (χ4n) is 2.32. The van der Waals surface area contributed by atoms with Crippen molar-refractivity contribution in [3.63, 3.8) is 0 Å². The van der Waals surface area contributed by atoms with E-state index in [-0.39, 0.29) is 0 Å². The molecule has 1 saturated heterocycles. The third kappa shape index (κ3) is 1.41. The molecule has 1 N–H and O–H groups in total. The molecule has 0 aromatic carbocycles. The van der Waals surface area contributed by atoms with Gasteiger partial charge >= 0.3 is 0 Å². The molecule has 1 unspecified atom stereocenters. The van der Waals surface area contributed by atoms with Gasteiger partial charge in [-0.15, -0.1) is 0 Å². The van der Waals surface area contributed by atoms with Gasteiger partial charge in [-0.2, -0.15) is 5.10 Å². The Kier molecular flexibility index (Phi) is 2.17. The van der Waals surface area contributed by atoms with Crippen LogP contribution in [0.3, 0.4) is 0 Å². The molecular formula is C12H16N4. The molecule has 16 heavy (non-hydrogen) atoms. The van der Waals surface area contributed by atoms with Crippen LogP contribution in [-0.2, 0) is 0 Å². The zero-order valence-electron chi connectivity index (χ0n) is 9.70. The largest absolute Gasteiger partial charge is 0.316 e. The van der Waals surface area contributed by atoms with Crippen LogP contribution in [0.5, 0.6) is 0 Å². The van der Waals surface area contributed by atoms with Crippen LogP contribution in [0.4, 0.5) is 0 Å². The van der Waals surface area contributed by atoms with Crippen LogP contribution >= 0.6 is 0 Å². The lowest BCUT2D eigenvalue weighted by Crippen LogP contribution is -2.08. The van der Waals surface area contributed by atoms with Gasteiger partial charge in [-0.25, -0.2) is 9.50 Å². The molecule has 2 aromatic heterocycles. The van der Waals surface area contributed by atoms with E-state index in [1.54, 1.807) is 0 Å². The Labute approximate surface area is 94.7 Å². The Balaban J connectivity index is 2.08. The number of rotatable bonds is 1. The van der Waals surface area contributed by atoms with Gasteiger partial charge in [-0.05, 0) is 32.4 Å². The first-order valence-electron chi connectivity index (χ1n) is 5.78. The van der Waals surface area contributed by atoms with Gasteiger partial charge in [0.25, 0.3) is 0 Å². The second-order valence-corrected chi connectivity index (χ2v) is 4.56. The molecule has 3 rings (SSSR count). The summed E-state index contributed by atoms with van der Waals surface area (Å²) in [4.78, 5) is 4.52. The Morgan fingerprint density at radius 3 is 3.06 bits per heavy atom. The number of aromatic nitrogens is 3. The van der Waals surface area contributed by atoms with Gasteiger partial charge in [0.15, 0.2) is 5.65 Å². The van der Waals surface area contributed by atoms with Crippen molar-refractivity contribution < 1.29 is 0 Å². The zero-order chi connectivity index (χ0) is 11.1. The first-order valence-corrected chi connectivity index (χ1v) is 5.78. The molecule has 4 heteroatoms. The molecule has 1 aliphatic heterocycles. The van der Waals surface area contributed by atoms with Crippen molar-refractivity contribution in [2.24, 2.45) is 0 Å². The molecule has 2 aromatic rings. The van der Waals surface area contributed by atoms with Crippen molar-refractivity contribution in [3.8, 4) is 0 Å². The van der Waals surface area contributed by atoms with E-state index in [4.69, 9.17) is 0 Å². The Morgan fingerprint density at radius 1 is 1.44 bits per heavy atom. The number of nitrogens with zero attached hydrogens (tertiary/aromatic N) is 3. The standard InChI is InChI=1S/C12H16N4/c1-8-9(2)15-16-7-11(6-14-12(8)16)10-3-4-13-5-10/h6-7,10,13H,3-5H2,1-2H3. The highest BCUT2D eigenvalue weighted by Gasteiger charge is 2.18. The fraction of sp³-hybridized carbons (Fsp3) is 0.500. The topological polar surface area (TPSA) is 42.2 Å². The molecule has 3 heterocycles. The summed E-state index contributed by atoms with van der Waals surface area (Å²) in [7, 11) is 0. The fourth-order valence-corrected chi connectivity index (χ4v) is 2.32. The van der Waals surface area contributed by atoms with Gasteiger partial charge in [0.2, 0.25) is 0 Å². The number of fused-ring (bicyclic) bond motifs is 1. The van der Waals surface area contributed by atoms with E-state index in [0.29, 0.717) is 5.92 Å². The summed E-state index contributed by atoms with van der Waals surface area (Å²) in [6, 6.07) is 0. The van der Waals surface area contributed by atoms with Crippen LogP contribution in [0.2, 0.25) is 0 Å². The predicted molar refractivity (Wildman–Crippen MR) is 62.7 cm³/mol. The van der Waals surface area contributed by atoms with Crippen LogP contribution in [0.25, 0.3) is 5.65 Å². The molecule has 1 fully saturated rings. The van der Waals surface area contributed by atoms with Crippen molar-refractivity contribution in [3.05, 3.63) is 29.2 Å². The lowest BCUT2D eigenvalue weighted by Gasteiger charge is -2.07. The second kappa shape index (κ2) is 3.56. The SMILES string of the molecule is Cc1nn2cc(C3CCNC3)cnc2c1C. The lowest BCUT2D eigenvalue weighted by atomic mass is 10.0. The first kappa shape index (κ1) is 9.78. The smallest absolute Gasteiger partial charge is 0.158 e. The highest BCUT2D eigenvalue weighted by atomic mass is 15.2. The monoisotopic (exact) mass is 216 g/mol. The van der Waals surface area contributed by atoms with Crippen LogP contribution in [0.1, 0.15) is 29.2 Å². The maximum atomic E-state index is 4.52. The van der Waals surface area contributed by atoms with Gasteiger partial charge in [-0.1, -0.05) is 0 Å². The molecule has 0 amide bonds. The van der Waals surface area contributed by atoms with E-state index >= 15 is 0 Å². The lowest BCUT2D eigenvalue weighted by molar-refractivity contribution is 0.742. The quantitative estimate of drug-likeness (QED) is 0.784. The number of hydrogen-bond donors (Lipinski definition) is 1. The third-order valence-electron chi connectivity index (χ3n) is 3.49. The summed E-state index contributed by atoms with van der Waals surface area (Å²) in [5.41, 5.74) is 4.51. The minimum absolute atomic E-state index is 0.599. The van der Waals surface area contributed by atoms with E-state index in [1.807, 2.05) is 17.6 Å². The molecule has 0 bridgehead atoms. The summed E-state index contributed by atoms with van der Waals surface area (Å²) < 4.78 is 1.92. The molecular weight excluding hydrogens is 200 g/mol. The Hall–Kier alpha value is -1.42. The van der Waals surface area contributed by atoms with Gasteiger partial charge in [-0.3, -0.25) is 0 Å². The van der Waals surface area contributed by atoms with Crippen LogP contribution in [0, 0.1) is 13.8 Å². The highest BCUT2D eigenvalue weighted by Crippen LogP contribution is 2.22. The second-order valence-electron chi connectivity index (χ2n) is 4.56. The summed E-state index contributed by atoms with van der Waals surface area (Å²) in [6.07, 6.45) is 5.33. The highest BCUT2D eigenvalue weighted by molar-refractivity contribution is 5.49. The van der Waals surface area contributed by atoms with E-state index in [9.17, 15) is 0 Å². The van der Waals surface area contributed by atoms with Crippen LogP contribution < -0.4 is 5.32 Å². The first-order chi connectivity index (χ1) is 7.75. The molecule has 84 valence electrons. The zero-order valence-corrected chi connectivity index (χ0v) is 9.70. The van der Waals surface area contributed by atoms with E-state index < -0.39 is 0 Å². The third-order valence-corrected chi connectivity index (χ3v) is 3.49. The normalized spacial score (nSPS) is 20.8. The van der Waals surface area contributed by atoms with Crippen molar-refractivity contribution >= 4 is 5.65 Å². The molecule has 0 spiro atoms. The van der Waals surface area contributed by atoms with Crippen molar-refractivity contribution in [2.75, 3.05) is 13.1 Å².